The molecule has 2 fully saturated rings. The summed E-state index contributed by atoms with van der Waals surface area (Å²) in [5.74, 6) is 1.51. The van der Waals surface area contributed by atoms with Gasteiger partial charge in [-0.05, 0) is 65.5 Å². The van der Waals surface area contributed by atoms with Gasteiger partial charge in [0.2, 0.25) is 5.91 Å². The number of nitrogens with one attached hydrogen (secondary N) is 1. The van der Waals surface area contributed by atoms with E-state index in [4.69, 9.17) is 0 Å². The van der Waals surface area contributed by atoms with E-state index >= 15 is 0 Å². The molecule has 3 rings (SSSR count). The van der Waals surface area contributed by atoms with Gasteiger partial charge >= 0.3 is 0 Å². The molecule has 1 N–H and O–H groups in total. The number of aryl methyl sites for hydroxylation is 1. The summed E-state index contributed by atoms with van der Waals surface area (Å²) >= 11 is 0. The van der Waals surface area contributed by atoms with Gasteiger partial charge in [-0.3, -0.25) is 9.69 Å². The maximum atomic E-state index is 12.9. The van der Waals surface area contributed by atoms with Crippen LogP contribution >= 0.6 is 0 Å². The predicted octanol–water partition coefficient (Wildman–Crippen LogP) is 1.74. The van der Waals surface area contributed by atoms with Gasteiger partial charge in [0.1, 0.15) is 12.2 Å². The van der Waals surface area contributed by atoms with Crippen molar-refractivity contribution in [2.24, 2.45) is 5.92 Å². The molecule has 6 heteroatoms. The van der Waals surface area contributed by atoms with Gasteiger partial charge in [0, 0.05) is 6.54 Å². The van der Waals surface area contributed by atoms with E-state index in [9.17, 15) is 4.79 Å². The molecule has 1 aromatic rings. The molecule has 0 radical (unpaired) electrons. The van der Waals surface area contributed by atoms with Crippen molar-refractivity contribution in [3.63, 3.8) is 0 Å². The second kappa shape index (κ2) is 5.99. The Bertz CT molecular complexity index is 528. The summed E-state index contributed by atoms with van der Waals surface area (Å²) in [6, 6.07) is -0.00294. The van der Waals surface area contributed by atoms with E-state index in [1.807, 2.05) is 18.5 Å². The molecule has 0 bridgehead atoms. The summed E-state index contributed by atoms with van der Waals surface area (Å²) < 4.78 is 1.89. The van der Waals surface area contributed by atoms with Crippen molar-refractivity contribution >= 4 is 5.91 Å². The molecule has 122 valence electrons. The number of amides is 1. The summed E-state index contributed by atoms with van der Waals surface area (Å²) in [4.78, 5) is 19.6. The number of hydrogen-bond donors (Lipinski definition) is 1. The molecule has 2 aliphatic rings. The smallest absolute Gasteiger partial charge is 0.240 e. The quantitative estimate of drug-likeness (QED) is 0.869. The van der Waals surface area contributed by atoms with Crippen LogP contribution in [0.3, 0.4) is 0 Å². The highest BCUT2D eigenvalue weighted by Crippen LogP contribution is 2.40. The SMILES string of the molecule is CCn1ncnc1[C@@H](NC(=O)C(C)(C)N1CCCC1)C1CC1. The van der Waals surface area contributed by atoms with Gasteiger partial charge in [-0.1, -0.05) is 0 Å². The number of carbonyl (C=O) groups is 1. The molecule has 2 heterocycles. The predicted molar refractivity (Wildman–Crippen MR) is 84.2 cm³/mol. The van der Waals surface area contributed by atoms with E-state index in [1.54, 1.807) is 6.33 Å². The zero-order valence-corrected chi connectivity index (χ0v) is 13.9. The molecule has 0 spiro atoms. The maximum Gasteiger partial charge on any atom is 0.240 e. The summed E-state index contributed by atoms with van der Waals surface area (Å²) in [6.45, 7) is 8.92. The van der Waals surface area contributed by atoms with Crippen LogP contribution < -0.4 is 5.32 Å². The summed E-state index contributed by atoms with van der Waals surface area (Å²) in [6.07, 6.45) is 6.28. The van der Waals surface area contributed by atoms with Crippen molar-refractivity contribution in [1.29, 1.82) is 0 Å². The molecule has 0 unspecified atom stereocenters. The fraction of sp³-hybridized carbons (Fsp3) is 0.812. The zero-order valence-electron chi connectivity index (χ0n) is 13.9. The first-order valence-corrected chi connectivity index (χ1v) is 8.47. The first kappa shape index (κ1) is 15.5. The topological polar surface area (TPSA) is 63.1 Å². The number of likely N-dealkylation sites (tertiary alicyclic amines) is 1. The number of nitrogens with zero attached hydrogens (tertiary/aromatic N) is 4. The lowest BCUT2D eigenvalue weighted by Gasteiger charge is -2.35. The molecule has 1 aromatic heterocycles. The van der Waals surface area contributed by atoms with E-state index in [0.717, 1.165) is 38.3 Å². The van der Waals surface area contributed by atoms with E-state index in [0.29, 0.717) is 5.92 Å². The highest BCUT2D eigenvalue weighted by Gasteiger charge is 2.41. The lowest BCUT2D eigenvalue weighted by molar-refractivity contribution is -0.132. The minimum absolute atomic E-state index is 0.00294. The van der Waals surface area contributed by atoms with Crippen LogP contribution in [0.4, 0.5) is 0 Å². The highest BCUT2D eigenvalue weighted by atomic mass is 16.2. The minimum Gasteiger partial charge on any atom is -0.344 e. The van der Waals surface area contributed by atoms with E-state index < -0.39 is 5.54 Å². The largest absolute Gasteiger partial charge is 0.344 e. The molecule has 22 heavy (non-hydrogen) atoms. The molecular formula is C16H27N5O. The summed E-state index contributed by atoms with van der Waals surface area (Å²) in [5.41, 5.74) is -0.458. The third-order valence-electron chi connectivity index (χ3n) is 5.06. The fourth-order valence-electron chi connectivity index (χ4n) is 3.32. The number of hydrogen-bond acceptors (Lipinski definition) is 4. The molecule has 1 saturated heterocycles. The Morgan fingerprint density at radius 1 is 1.41 bits per heavy atom. The van der Waals surface area contributed by atoms with Crippen molar-refractivity contribution < 1.29 is 4.79 Å². The average molecular weight is 305 g/mol. The second-order valence-corrected chi connectivity index (χ2v) is 6.98. The lowest BCUT2D eigenvalue weighted by atomic mass is 10.0. The molecule has 1 saturated carbocycles. The molecular weight excluding hydrogens is 278 g/mol. The number of rotatable bonds is 6. The third-order valence-corrected chi connectivity index (χ3v) is 5.06. The lowest BCUT2D eigenvalue weighted by Crippen LogP contribution is -2.54. The van der Waals surface area contributed by atoms with Gasteiger partial charge < -0.3 is 5.32 Å². The minimum atomic E-state index is -0.458. The second-order valence-electron chi connectivity index (χ2n) is 6.98. The normalized spacial score (nSPS) is 21.0. The van der Waals surface area contributed by atoms with Crippen LogP contribution in [0.25, 0.3) is 0 Å². The molecule has 1 amide bonds. The first-order chi connectivity index (χ1) is 10.5. The molecule has 1 aliphatic heterocycles. The van der Waals surface area contributed by atoms with Crippen LogP contribution in [-0.2, 0) is 11.3 Å². The maximum absolute atomic E-state index is 12.9. The average Bonchev–Trinajstić information content (AvgIpc) is 3.02. The van der Waals surface area contributed by atoms with Crippen molar-refractivity contribution in [3.8, 4) is 0 Å². The van der Waals surface area contributed by atoms with E-state index in [1.165, 1.54) is 12.8 Å². The van der Waals surface area contributed by atoms with Crippen LogP contribution in [0.15, 0.2) is 6.33 Å². The number of aromatic nitrogens is 3. The Balaban J connectivity index is 1.75. The van der Waals surface area contributed by atoms with Crippen LogP contribution in [0.2, 0.25) is 0 Å². The third kappa shape index (κ3) is 2.89. The number of carbonyl (C=O) groups excluding carboxylic acids is 1. The van der Waals surface area contributed by atoms with Gasteiger partial charge in [-0.15, -0.1) is 0 Å². The van der Waals surface area contributed by atoms with Gasteiger partial charge in [-0.25, -0.2) is 9.67 Å². The van der Waals surface area contributed by atoms with Gasteiger partial charge in [-0.2, -0.15) is 5.10 Å². The summed E-state index contributed by atoms with van der Waals surface area (Å²) in [5, 5.41) is 7.53. The van der Waals surface area contributed by atoms with Crippen LogP contribution in [0, 0.1) is 5.92 Å². The monoisotopic (exact) mass is 305 g/mol. The molecule has 0 aromatic carbocycles. The van der Waals surface area contributed by atoms with Gasteiger partial charge in [0.25, 0.3) is 0 Å². The highest BCUT2D eigenvalue weighted by molar-refractivity contribution is 5.85. The van der Waals surface area contributed by atoms with Crippen LogP contribution in [-0.4, -0.2) is 44.2 Å². The van der Waals surface area contributed by atoms with Gasteiger partial charge in [0.05, 0.1) is 11.6 Å². The van der Waals surface area contributed by atoms with E-state index in [2.05, 4.69) is 27.2 Å². The van der Waals surface area contributed by atoms with Crippen molar-refractivity contribution in [2.45, 2.75) is 64.6 Å². The Hall–Kier alpha value is -1.43. The molecule has 1 aliphatic carbocycles. The standard InChI is InChI=1S/C16H27N5O/c1-4-21-14(17-11-18-21)13(12-7-8-12)19-15(22)16(2,3)20-9-5-6-10-20/h11-13H,4-10H2,1-3H3,(H,19,22)/t13-/m0/s1. The Labute approximate surface area is 132 Å². The van der Waals surface area contributed by atoms with Crippen LogP contribution in [0.5, 0.6) is 0 Å². The van der Waals surface area contributed by atoms with Crippen molar-refractivity contribution in [3.05, 3.63) is 12.2 Å². The van der Waals surface area contributed by atoms with Gasteiger partial charge in [0.15, 0.2) is 0 Å². The van der Waals surface area contributed by atoms with Crippen molar-refractivity contribution in [2.75, 3.05) is 13.1 Å². The Morgan fingerprint density at radius 3 is 2.68 bits per heavy atom. The molecule has 1 atom stereocenters. The fourth-order valence-corrected chi connectivity index (χ4v) is 3.32. The molecule has 6 nitrogen and oxygen atoms in total. The zero-order chi connectivity index (χ0) is 15.7. The summed E-state index contributed by atoms with van der Waals surface area (Å²) in [7, 11) is 0. The Morgan fingerprint density at radius 2 is 2.09 bits per heavy atom. The Kier molecular flexibility index (Phi) is 4.21. The first-order valence-electron chi connectivity index (χ1n) is 8.47. The van der Waals surface area contributed by atoms with E-state index in [-0.39, 0.29) is 11.9 Å². The van der Waals surface area contributed by atoms with Crippen LogP contribution in [0.1, 0.15) is 58.3 Å². The van der Waals surface area contributed by atoms with Crippen molar-refractivity contribution in [1.82, 2.24) is 25.0 Å².